The molecule has 1 N–H and O–H groups in total. The van der Waals surface area contributed by atoms with Crippen LogP contribution in [-0.2, 0) is 4.79 Å². The molecule has 148 valence electrons. The largest absolute Gasteiger partial charge is 0.493 e. The second-order valence-corrected chi connectivity index (χ2v) is 8.35. The monoisotopic (exact) mass is 456 g/mol. The first-order valence-electron chi connectivity index (χ1n) is 9.02. The van der Waals surface area contributed by atoms with Gasteiger partial charge < -0.3 is 14.6 Å². The number of halogens is 1. The summed E-state index contributed by atoms with van der Waals surface area (Å²) in [5, 5.41) is 10.9. The van der Waals surface area contributed by atoms with Crippen LogP contribution in [0.2, 0.25) is 0 Å². The third-order valence-electron chi connectivity index (χ3n) is 4.28. The summed E-state index contributed by atoms with van der Waals surface area (Å²) < 4.78 is 12.2. The lowest BCUT2D eigenvalue weighted by atomic mass is 10.0. The van der Waals surface area contributed by atoms with Gasteiger partial charge in [-0.05, 0) is 30.4 Å². The quantitative estimate of drug-likeness (QED) is 0.258. The minimum Gasteiger partial charge on any atom is -0.493 e. The van der Waals surface area contributed by atoms with Crippen molar-refractivity contribution in [3.8, 4) is 11.5 Å². The van der Waals surface area contributed by atoms with E-state index in [-0.39, 0.29) is 12.2 Å². The van der Waals surface area contributed by atoms with E-state index in [0.29, 0.717) is 23.0 Å². The highest BCUT2D eigenvalue weighted by Gasteiger charge is 2.19. The van der Waals surface area contributed by atoms with Gasteiger partial charge in [0.2, 0.25) is 0 Å². The standard InChI is InChI=1S/C20H25BrO5S/c1-13(20(23)24)9-15(22)19-11-14-10-17(16(25-2)12-18(14)27-19)26-8-6-4-3-5-7-21/h10-13H,3-9H2,1-2H3,(H,23,24)/t13-/m0/s1. The van der Waals surface area contributed by atoms with Crippen molar-refractivity contribution in [3.05, 3.63) is 23.1 Å². The predicted molar refractivity (Wildman–Crippen MR) is 112 cm³/mol. The minimum atomic E-state index is -0.960. The lowest BCUT2D eigenvalue weighted by Crippen LogP contribution is -2.13. The molecule has 1 atom stereocenters. The van der Waals surface area contributed by atoms with Gasteiger partial charge in [0.25, 0.3) is 0 Å². The first-order valence-corrected chi connectivity index (χ1v) is 11.0. The van der Waals surface area contributed by atoms with E-state index in [1.807, 2.05) is 12.1 Å². The Morgan fingerprint density at radius 2 is 1.89 bits per heavy atom. The Kier molecular flexibility index (Phi) is 8.57. The third kappa shape index (κ3) is 6.21. The summed E-state index contributed by atoms with van der Waals surface area (Å²) in [4.78, 5) is 23.9. The number of thiophene rings is 1. The Balaban J connectivity index is 2.09. The summed E-state index contributed by atoms with van der Waals surface area (Å²) >= 11 is 4.78. The van der Waals surface area contributed by atoms with Gasteiger partial charge in [-0.1, -0.05) is 35.7 Å². The molecule has 1 aromatic carbocycles. The van der Waals surface area contributed by atoms with E-state index < -0.39 is 11.9 Å². The molecule has 0 saturated carbocycles. The van der Waals surface area contributed by atoms with Crippen molar-refractivity contribution in [2.24, 2.45) is 5.92 Å². The molecule has 2 rings (SSSR count). The minimum absolute atomic E-state index is 0.00293. The molecule has 0 radical (unpaired) electrons. The molecule has 0 bridgehead atoms. The maximum Gasteiger partial charge on any atom is 0.306 e. The number of rotatable bonds is 12. The van der Waals surface area contributed by atoms with Gasteiger partial charge in [-0.15, -0.1) is 11.3 Å². The van der Waals surface area contributed by atoms with Crippen LogP contribution in [0.1, 0.15) is 48.7 Å². The van der Waals surface area contributed by atoms with E-state index in [0.717, 1.165) is 28.3 Å². The molecule has 0 aliphatic carbocycles. The number of carboxylic acid groups (broad SMARTS) is 1. The number of ketones is 1. The first-order chi connectivity index (χ1) is 13.0. The number of carbonyl (C=O) groups is 2. The molecule has 0 aliphatic heterocycles. The van der Waals surface area contributed by atoms with Gasteiger partial charge in [-0.2, -0.15) is 0 Å². The molecule has 0 aliphatic rings. The summed E-state index contributed by atoms with van der Waals surface area (Å²) in [7, 11) is 1.60. The second-order valence-electron chi connectivity index (χ2n) is 6.47. The molecule has 7 heteroatoms. The predicted octanol–water partition coefficient (Wildman–Crippen LogP) is 5.54. The molecule has 0 amide bonds. The van der Waals surface area contributed by atoms with Gasteiger partial charge in [-0.3, -0.25) is 9.59 Å². The lowest BCUT2D eigenvalue weighted by molar-refractivity contribution is -0.141. The number of hydrogen-bond acceptors (Lipinski definition) is 5. The Morgan fingerprint density at radius 1 is 1.15 bits per heavy atom. The van der Waals surface area contributed by atoms with Crippen LogP contribution in [0.3, 0.4) is 0 Å². The Morgan fingerprint density at radius 3 is 2.56 bits per heavy atom. The number of unbranched alkanes of at least 4 members (excludes halogenated alkanes) is 3. The number of alkyl halides is 1. The van der Waals surface area contributed by atoms with Crippen LogP contribution in [0.25, 0.3) is 10.1 Å². The van der Waals surface area contributed by atoms with Crippen molar-refractivity contribution in [1.82, 2.24) is 0 Å². The zero-order valence-corrected chi connectivity index (χ0v) is 18.0. The van der Waals surface area contributed by atoms with Crippen molar-refractivity contribution in [2.75, 3.05) is 19.0 Å². The van der Waals surface area contributed by atoms with Crippen molar-refractivity contribution in [3.63, 3.8) is 0 Å². The van der Waals surface area contributed by atoms with Crippen molar-refractivity contribution < 1.29 is 24.2 Å². The molecule has 0 spiro atoms. The average molecular weight is 457 g/mol. The molecule has 0 unspecified atom stereocenters. The van der Waals surface area contributed by atoms with Crippen molar-refractivity contribution in [2.45, 2.75) is 39.0 Å². The van der Waals surface area contributed by atoms with E-state index in [4.69, 9.17) is 14.6 Å². The van der Waals surface area contributed by atoms with Crippen LogP contribution >= 0.6 is 27.3 Å². The number of hydrogen-bond donors (Lipinski definition) is 1. The number of ether oxygens (including phenoxy) is 2. The van der Waals surface area contributed by atoms with Gasteiger partial charge in [0, 0.05) is 22.5 Å². The summed E-state index contributed by atoms with van der Waals surface area (Å²) in [6.45, 7) is 2.16. The third-order valence-corrected chi connectivity index (χ3v) is 5.98. The Hall–Kier alpha value is -1.60. The highest BCUT2D eigenvalue weighted by atomic mass is 79.9. The number of aliphatic carboxylic acids is 1. The molecule has 0 saturated heterocycles. The zero-order valence-electron chi connectivity index (χ0n) is 15.6. The van der Waals surface area contributed by atoms with Crippen LogP contribution in [-0.4, -0.2) is 35.9 Å². The number of carboxylic acids is 1. The fourth-order valence-corrected chi connectivity index (χ4v) is 4.07. The lowest BCUT2D eigenvalue weighted by Gasteiger charge is -2.10. The number of fused-ring (bicyclic) bond motifs is 1. The highest BCUT2D eigenvalue weighted by molar-refractivity contribution is 9.09. The van der Waals surface area contributed by atoms with Crippen LogP contribution in [0, 0.1) is 5.92 Å². The summed E-state index contributed by atoms with van der Waals surface area (Å²) in [6, 6.07) is 5.57. The van der Waals surface area contributed by atoms with Crippen LogP contribution in [0.5, 0.6) is 11.5 Å². The molecule has 1 aromatic heterocycles. The Labute approximate surface area is 171 Å². The molecular formula is C20H25BrO5S. The van der Waals surface area contributed by atoms with Crippen molar-refractivity contribution in [1.29, 1.82) is 0 Å². The van der Waals surface area contributed by atoms with Gasteiger partial charge in [0.15, 0.2) is 17.3 Å². The summed E-state index contributed by atoms with van der Waals surface area (Å²) in [6.07, 6.45) is 4.44. The van der Waals surface area contributed by atoms with E-state index in [1.165, 1.54) is 24.2 Å². The molecule has 5 nitrogen and oxygen atoms in total. The van der Waals surface area contributed by atoms with Gasteiger partial charge in [0.05, 0.1) is 24.5 Å². The number of carbonyl (C=O) groups excluding carboxylic acids is 1. The second kappa shape index (κ2) is 10.7. The maximum absolute atomic E-state index is 12.3. The van der Waals surface area contributed by atoms with Crippen LogP contribution < -0.4 is 9.47 Å². The molecule has 1 heterocycles. The fourth-order valence-electron chi connectivity index (χ4n) is 2.66. The number of methoxy groups -OCH3 is 1. The fraction of sp³-hybridized carbons (Fsp3) is 0.500. The van der Waals surface area contributed by atoms with Gasteiger partial charge >= 0.3 is 5.97 Å². The zero-order chi connectivity index (χ0) is 19.8. The smallest absolute Gasteiger partial charge is 0.306 e. The van der Waals surface area contributed by atoms with Gasteiger partial charge in [-0.25, -0.2) is 0 Å². The van der Waals surface area contributed by atoms with E-state index in [9.17, 15) is 9.59 Å². The average Bonchev–Trinajstić information content (AvgIpc) is 3.06. The normalized spacial score (nSPS) is 12.1. The van der Waals surface area contributed by atoms with Crippen molar-refractivity contribution >= 4 is 49.1 Å². The molecular weight excluding hydrogens is 432 g/mol. The van der Waals surface area contributed by atoms with Crippen LogP contribution in [0.4, 0.5) is 0 Å². The first kappa shape index (κ1) is 21.7. The summed E-state index contributed by atoms with van der Waals surface area (Å²) in [5.74, 6) is -0.498. The molecule has 27 heavy (non-hydrogen) atoms. The van der Waals surface area contributed by atoms with E-state index in [1.54, 1.807) is 20.1 Å². The number of benzene rings is 1. The van der Waals surface area contributed by atoms with E-state index in [2.05, 4.69) is 15.9 Å². The van der Waals surface area contributed by atoms with Crippen LogP contribution in [0.15, 0.2) is 18.2 Å². The SMILES string of the molecule is COc1cc2sc(C(=O)C[C@H](C)C(=O)O)cc2cc1OCCCCCCBr. The molecule has 0 fully saturated rings. The highest BCUT2D eigenvalue weighted by Crippen LogP contribution is 2.37. The number of Topliss-reactive ketones (excluding diaryl/α,β-unsaturated/α-hetero) is 1. The maximum atomic E-state index is 12.3. The summed E-state index contributed by atoms with van der Waals surface area (Å²) in [5.41, 5.74) is 0. The molecule has 2 aromatic rings. The Bertz CT molecular complexity index is 786. The van der Waals surface area contributed by atoms with Gasteiger partial charge in [0.1, 0.15) is 0 Å². The topological polar surface area (TPSA) is 72.8 Å². The van der Waals surface area contributed by atoms with E-state index >= 15 is 0 Å².